The molecule has 2 aromatic rings. The molecule has 6 heteroatoms. The lowest BCUT2D eigenvalue weighted by atomic mass is 10.0. The van der Waals surface area contributed by atoms with E-state index in [0.29, 0.717) is 23.6 Å². The highest BCUT2D eigenvalue weighted by atomic mass is 19.1. The zero-order valence-electron chi connectivity index (χ0n) is 14.9. The average Bonchev–Trinajstić information content (AvgIpc) is 2.61. The summed E-state index contributed by atoms with van der Waals surface area (Å²) in [6, 6.07) is 11.1. The molecule has 0 aliphatic carbocycles. The number of carbonyl (C=O) groups is 1. The summed E-state index contributed by atoms with van der Waals surface area (Å²) in [4.78, 5) is 14.2. The third kappa shape index (κ3) is 4.70. The lowest BCUT2D eigenvalue weighted by Gasteiger charge is -2.26. The Labute approximate surface area is 147 Å². The van der Waals surface area contributed by atoms with Crippen LogP contribution in [0.3, 0.4) is 0 Å². The van der Waals surface area contributed by atoms with Crippen molar-refractivity contribution in [1.29, 1.82) is 0 Å². The van der Waals surface area contributed by atoms with Gasteiger partial charge in [-0.15, -0.1) is 0 Å². The maximum atomic E-state index is 13.0. The summed E-state index contributed by atoms with van der Waals surface area (Å²) >= 11 is 0. The van der Waals surface area contributed by atoms with Gasteiger partial charge in [-0.2, -0.15) is 0 Å². The Hall–Kier alpha value is -2.60. The molecule has 0 fully saturated rings. The number of likely N-dealkylation sites (N-methyl/N-ethyl adjacent to an activating group) is 1. The highest BCUT2D eigenvalue weighted by Crippen LogP contribution is 2.31. The zero-order valence-corrected chi connectivity index (χ0v) is 14.9. The molecule has 2 rings (SSSR count). The van der Waals surface area contributed by atoms with Crippen molar-refractivity contribution in [1.82, 2.24) is 10.2 Å². The molecule has 0 heterocycles. The molecular formula is C19H23FN2O3. The summed E-state index contributed by atoms with van der Waals surface area (Å²) < 4.78 is 23.6. The van der Waals surface area contributed by atoms with Crippen molar-refractivity contribution in [2.75, 3.05) is 34.9 Å². The standard InChI is InChI=1S/C19H23FN2O3/c1-22(2)16(14-7-10-17(24-3)18(11-14)25-4)12-21-19(23)13-5-8-15(20)9-6-13/h5-11,16H,12H2,1-4H3,(H,21,23). The van der Waals surface area contributed by atoms with Gasteiger partial charge >= 0.3 is 0 Å². The number of rotatable bonds is 7. The van der Waals surface area contributed by atoms with Crippen LogP contribution in [0.4, 0.5) is 4.39 Å². The minimum absolute atomic E-state index is 0.0517. The monoisotopic (exact) mass is 346 g/mol. The lowest BCUT2D eigenvalue weighted by Crippen LogP contribution is -2.34. The molecule has 0 spiro atoms. The first-order valence-corrected chi connectivity index (χ1v) is 7.88. The number of ether oxygens (including phenoxy) is 2. The number of hydrogen-bond acceptors (Lipinski definition) is 4. The van der Waals surface area contributed by atoms with Gasteiger partial charge in [-0.05, 0) is 56.1 Å². The molecule has 0 saturated carbocycles. The van der Waals surface area contributed by atoms with Gasteiger partial charge in [0.2, 0.25) is 0 Å². The van der Waals surface area contributed by atoms with E-state index < -0.39 is 0 Å². The average molecular weight is 346 g/mol. The number of benzene rings is 2. The zero-order chi connectivity index (χ0) is 18.4. The van der Waals surface area contributed by atoms with Crippen LogP contribution in [0.1, 0.15) is 22.0 Å². The molecule has 134 valence electrons. The molecule has 1 atom stereocenters. The SMILES string of the molecule is COc1ccc(C(CNC(=O)c2ccc(F)cc2)N(C)C)cc1OC. The molecule has 0 bridgehead atoms. The number of hydrogen-bond donors (Lipinski definition) is 1. The first kappa shape index (κ1) is 18.7. The maximum absolute atomic E-state index is 13.0. The summed E-state index contributed by atoms with van der Waals surface area (Å²) in [5.74, 6) is 0.677. The Morgan fingerprint density at radius 2 is 1.72 bits per heavy atom. The highest BCUT2D eigenvalue weighted by Gasteiger charge is 2.18. The molecule has 0 aliphatic heterocycles. The first-order valence-electron chi connectivity index (χ1n) is 7.88. The van der Waals surface area contributed by atoms with E-state index in [4.69, 9.17) is 9.47 Å². The number of amides is 1. The van der Waals surface area contributed by atoms with Gasteiger partial charge < -0.3 is 19.7 Å². The Balaban J connectivity index is 2.13. The van der Waals surface area contributed by atoms with Crippen molar-refractivity contribution in [3.8, 4) is 11.5 Å². The van der Waals surface area contributed by atoms with Crippen LogP contribution in [0.25, 0.3) is 0 Å². The number of methoxy groups -OCH3 is 2. The van der Waals surface area contributed by atoms with Gasteiger partial charge in [-0.25, -0.2) is 4.39 Å². The number of nitrogens with zero attached hydrogens (tertiary/aromatic N) is 1. The second-order valence-electron chi connectivity index (χ2n) is 5.81. The van der Waals surface area contributed by atoms with Crippen molar-refractivity contribution >= 4 is 5.91 Å². The van der Waals surface area contributed by atoms with Gasteiger partial charge in [0.15, 0.2) is 11.5 Å². The van der Waals surface area contributed by atoms with Crippen molar-refractivity contribution in [2.24, 2.45) is 0 Å². The van der Waals surface area contributed by atoms with E-state index in [1.54, 1.807) is 14.2 Å². The van der Waals surface area contributed by atoms with E-state index >= 15 is 0 Å². The first-order chi connectivity index (χ1) is 12.0. The summed E-state index contributed by atoms with van der Waals surface area (Å²) in [7, 11) is 7.04. The van der Waals surface area contributed by atoms with Crippen LogP contribution in [0.15, 0.2) is 42.5 Å². The summed E-state index contributed by atoms with van der Waals surface area (Å²) in [5.41, 5.74) is 1.41. The van der Waals surface area contributed by atoms with Crippen LogP contribution in [-0.4, -0.2) is 45.7 Å². The van der Waals surface area contributed by atoms with Gasteiger partial charge in [-0.3, -0.25) is 4.79 Å². The van der Waals surface area contributed by atoms with E-state index in [9.17, 15) is 9.18 Å². The van der Waals surface area contributed by atoms with E-state index in [1.165, 1.54) is 24.3 Å². The fourth-order valence-corrected chi connectivity index (χ4v) is 2.55. The minimum atomic E-state index is -0.368. The Kier molecular flexibility index (Phi) is 6.36. The van der Waals surface area contributed by atoms with Crippen LogP contribution < -0.4 is 14.8 Å². The van der Waals surface area contributed by atoms with E-state index in [1.807, 2.05) is 37.2 Å². The van der Waals surface area contributed by atoms with Crippen molar-refractivity contribution < 1.29 is 18.7 Å². The van der Waals surface area contributed by atoms with Gasteiger partial charge in [-0.1, -0.05) is 6.07 Å². The quantitative estimate of drug-likeness (QED) is 0.838. The molecular weight excluding hydrogens is 323 g/mol. The summed E-state index contributed by atoms with van der Waals surface area (Å²) in [5, 5.41) is 2.89. The van der Waals surface area contributed by atoms with Gasteiger partial charge in [0.05, 0.1) is 20.3 Å². The van der Waals surface area contributed by atoms with Gasteiger partial charge in [0.1, 0.15) is 5.82 Å². The Morgan fingerprint density at radius 1 is 1.08 bits per heavy atom. The second-order valence-corrected chi connectivity index (χ2v) is 5.81. The van der Waals surface area contributed by atoms with Gasteiger partial charge in [0, 0.05) is 12.1 Å². The number of carbonyl (C=O) groups excluding carboxylic acids is 1. The minimum Gasteiger partial charge on any atom is -0.493 e. The Morgan fingerprint density at radius 3 is 2.28 bits per heavy atom. The molecule has 1 amide bonds. The van der Waals surface area contributed by atoms with Crippen LogP contribution >= 0.6 is 0 Å². The smallest absolute Gasteiger partial charge is 0.251 e. The lowest BCUT2D eigenvalue weighted by molar-refractivity contribution is 0.0942. The molecule has 0 saturated heterocycles. The van der Waals surface area contributed by atoms with Crippen LogP contribution in [0.5, 0.6) is 11.5 Å². The predicted octanol–water partition coefficient (Wildman–Crippen LogP) is 2.88. The second kappa shape index (κ2) is 8.48. The molecule has 0 aliphatic rings. The molecule has 0 radical (unpaired) electrons. The molecule has 0 aromatic heterocycles. The molecule has 1 N–H and O–H groups in total. The van der Waals surface area contributed by atoms with Crippen LogP contribution in [-0.2, 0) is 0 Å². The van der Waals surface area contributed by atoms with E-state index in [0.717, 1.165) is 5.56 Å². The number of nitrogens with one attached hydrogen (secondary N) is 1. The molecule has 2 aromatic carbocycles. The fraction of sp³-hybridized carbons (Fsp3) is 0.316. The molecule has 5 nitrogen and oxygen atoms in total. The summed E-state index contributed by atoms with van der Waals surface area (Å²) in [6.07, 6.45) is 0. The van der Waals surface area contributed by atoms with Crippen LogP contribution in [0.2, 0.25) is 0 Å². The van der Waals surface area contributed by atoms with Crippen LogP contribution in [0, 0.1) is 5.82 Å². The molecule has 25 heavy (non-hydrogen) atoms. The maximum Gasteiger partial charge on any atom is 0.251 e. The van der Waals surface area contributed by atoms with Crippen molar-refractivity contribution in [2.45, 2.75) is 6.04 Å². The normalized spacial score (nSPS) is 11.9. The Bertz CT molecular complexity index is 717. The third-order valence-electron chi connectivity index (χ3n) is 3.98. The highest BCUT2D eigenvalue weighted by molar-refractivity contribution is 5.94. The van der Waals surface area contributed by atoms with Gasteiger partial charge in [0.25, 0.3) is 5.91 Å². The fourth-order valence-electron chi connectivity index (χ4n) is 2.55. The van der Waals surface area contributed by atoms with Crippen molar-refractivity contribution in [3.05, 3.63) is 59.4 Å². The predicted molar refractivity (Wildman–Crippen MR) is 94.7 cm³/mol. The van der Waals surface area contributed by atoms with E-state index in [-0.39, 0.29) is 17.8 Å². The molecule has 1 unspecified atom stereocenters. The number of halogens is 1. The van der Waals surface area contributed by atoms with Crippen molar-refractivity contribution in [3.63, 3.8) is 0 Å². The largest absolute Gasteiger partial charge is 0.493 e. The summed E-state index contributed by atoms with van der Waals surface area (Å²) in [6.45, 7) is 0.401. The topological polar surface area (TPSA) is 50.8 Å². The van der Waals surface area contributed by atoms with E-state index in [2.05, 4.69) is 5.32 Å². The third-order valence-corrected chi connectivity index (χ3v) is 3.98.